The molecule has 0 aromatic rings. The zero-order valence-corrected chi connectivity index (χ0v) is 17.1. The van der Waals surface area contributed by atoms with Crippen LogP contribution in [-0.4, -0.2) is 45.9 Å². The van der Waals surface area contributed by atoms with Crippen molar-refractivity contribution >= 4 is 17.9 Å². The van der Waals surface area contributed by atoms with Crippen LogP contribution in [0.4, 0.5) is 0 Å². The Morgan fingerprint density at radius 2 is 1.79 bits per heavy atom. The summed E-state index contributed by atoms with van der Waals surface area (Å²) in [5, 5.41) is 27.8. The van der Waals surface area contributed by atoms with Crippen molar-refractivity contribution in [2.24, 2.45) is 28.6 Å². The van der Waals surface area contributed by atoms with Crippen LogP contribution in [-0.2, 0) is 19.1 Å². The van der Waals surface area contributed by atoms with Crippen molar-refractivity contribution < 1.29 is 34.4 Å². The molecule has 7 nitrogen and oxygen atoms in total. The van der Waals surface area contributed by atoms with Crippen LogP contribution in [0, 0.1) is 28.6 Å². The molecule has 1 fully saturated rings. The fraction of sp³-hybridized carbons (Fsp3) is 0.762. The van der Waals surface area contributed by atoms with Gasteiger partial charge < -0.3 is 20.1 Å². The van der Waals surface area contributed by atoms with Crippen LogP contribution in [0.25, 0.3) is 0 Å². The van der Waals surface area contributed by atoms with Crippen molar-refractivity contribution in [1.82, 2.24) is 0 Å². The molecule has 3 N–H and O–H groups in total. The molecule has 2 rings (SSSR count). The van der Waals surface area contributed by atoms with Gasteiger partial charge in [-0.2, -0.15) is 0 Å². The van der Waals surface area contributed by atoms with E-state index < -0.39 is 36.4 Å². The topological polar surface area (TPSA) is 121 Å². The molecule has 1 saturated carbocycles. The van der Waals surface area contributed by atoms with Crippen molar-refractivity contribution in [2.45, 2.75) is 65.9 Å². The molecule has 158 valence electrons. The third-order valence-corrected chi connectivity index (χ3v) is 7.06. The molecule has 0 bridgehead atoms. The zero-order chi connectivity index (χ0) is 21.3. The second-order valence-electron chi connectivity index (χ2n) is 9.27. The van der Waals surface area contributed by atoms with E-state index in [0.717, 1.165) is 31.3 Å². The predicted molar refractivity (Wildman–Crippen MR) is 102 cm³/mol. The highest BCUT2D eigenvalue weighted by molar-refractivity contribution is 5.85. The molecular formula is C21H32O7. The van der Waals surface area contributed by atoms with Gasteiger partial charge in [-0.1, -0.05) is 38.8 Å². The summed E-state index contributed by atoms with van der Waals surface area (Å²) in [6.07, 6.45) is 3.92. The van der Waals surface area contributed by atoms with Crippen molar-refractivity contribution in [2.75, 3.05) is 6.61 Å². The largest absolute Gasteiger partial charge is 0.481 e. The minimum atomic E-state index is -1.69. The van der Waals surface area contributed by atoms with Crippen LogP contribution >= 0.6 is 0 Å². The third-order valence-electron chi connectivity index (χ3n) is 7.06. The van der Waals surface area contributed by atoms with Crippen LogP contribution in [0.1, 0.15) is 59.8 Å². The number of carboxylic acids is 3. The molecule has 1 unspecified atom stereocenters. The number of aliphatic carboxylic acids is 3. The van der Waals surface area contributed by atoms with Gasteiger partial charge in [-0.3, -0.25) is 9.59 Å². The maximum atomic E-state index is 11.7. The third kappa shape index (κ3) is 4.40. The summed E-state index contributed by atoms with van der Waals surface area (Å²) < 4.78 is 5.64. The van der Waals surface area contributed by atoms with Gasteiger partial charge in [0.1, 0.15) is 5.92 Å². The first-order valence-electron chi connectivity index (χ1n) is 9.86. The normalized spacial score (nSPS) is 31.2. The summed E-state index contributed by atoms with van der Waals surface area (Å²) >= 11 is 0. The SMILES string of the molecule is CC1=CCC2C(C)(C)CCC[C@]2(C)[C@H]1CO[C@@H](C(=O)O)[C@@H](CC(=O)O)C(=O)O. The lowest BCUT2D eigenvalue weighted by Gasteiger charge is -2.56. The number of allylic oxidation sites excluding steroid dienone is 1. The van der Waals surface area contributed by atoms with Gasteiger partial charge in [0.25, 0.3) is 0 Å². The van der Waals surface area contributed by atoms with E-state index in [2.05, 4.69) is 26.8 Å². The van der Waals surface area contributed by atoms with Gasteiger partial charge in [-0.15, -0.1) is 0 Å². The molecule has 28 heavy (non-hydrogen) atoms. The van der Waals surface area contributed by atoms with Crippen LogP contribution in [0.3, 0.4) is 0 Å². The summed E-state index contributed by atoms with van der Waals surface area (Å²) in [6, 6.07) is 0. The molecule has 2 aliphatic carbocycles. The highest BCUT2D eigenvalue weighted by Crippen LogP contribution is 2.59. The van der Waals surface area contributed by atoms with Gasteiger partial charge >= 0.3 is 17.9 Å². The van der Waals surface area contributed by atoms with Gasteiger partial charge in [0.2, 0.25) is 0 Å². The summed E-state index contributed by atoms with van der Waals surface area (Å²) in [5.74, 6) is -5.51. The van der Waals surface area contributed by atoms with Gasteiger partial charge in [0.15, 0.2) is 6.10 Å². The first-order chi connectivity index (χ1) is 12.9. The molecule has 0 aromatic heterocycles. The Morgan fingerprint density at radius 3 is 2.32 bits per heavy atom. The standard InChI is InChI=1S/C21H32O7/c1-12-6-7-15-20(2,3)8-5-9-21(15,4)14(12)11-28-17(19(26)27)13(18(24)25)10-16(22)23/h6,13-15,17H,5,7-11H2,1-4H3,(H,22,23)(H,24,25)(H,26,27)/t13-,14+,15?,17-,21-/m1/s1. The Balaban J connectivity index is 2.25. The smallest absolute Gasteiger partial charge is 0.333 e. The molecular weight excluding hydrogens is 364 g/mol. The number of fused-ring (bicyclic) bond motifs is 1. The summed E-state index contributed by atoms with van der Waals surface area (Å²) in [7, 11) is 0. The number of hydrogen-bond donors (Lipinski definition) is 3. The zero-order valence-electron chi connectivity index (χ0n) is 17.1. The second kappa shape index (κ2) is 8.23. The number of rotatable bonds is 8. The molecule has 0 radical (unpaired) electrons. The number of carbonyl (C=O) groups is 3. The van der Waals surface area contributed by atoms with E-state index in [4.69, 9.17) is 9.84 Å². The Labute approximate surface area is 165 Å². The van der Waals surface area contributed by atoms with Crippen LogP contribution in [0.5, 0.6) is 0 Å². The van der Waals surface area contributed by atoms with Gasteiger partial charge in [-0.25, -0.2) is 4.79 Å². The molecule has 0 amide bonds. The van der Waals surface area contributed by atoms with Crippen LogP contribution in [0.15, 0.2) is 11.6 Å². The minimum absolute atomic E-state index is 0.0213. The van der Waals surface area contributed by atoms with Crippen molar-refractivity contribution in [3.05, 3.63) is 11.6 Å². The number of ether oxygens (including phenoxy) is 1. The van der Waals surface area contributed by atoms with E-state index in [1.54, 1.807) is 0 Å². The Bertz CT molecular complexity index is 666. The lowest BCUT2D eigenvalue weighted by Crippen LogP contribution is -2.50. The molecule has 0 aliphatic heterocycles. The fourth-order valence-corrected chi connectivity index (χ4v) is 5.53. The average Bonchev–Trinajstić information content (AvgIpc) is 2.54. The van der Waals surface area contributed by atoms with Crippen LogP contribution in [0.2, 0.25) is 0 Å². The van der Waals surface area contributed by atoms with E-state index in [1.807, 2.05) is 6.92 Å². The molecule has 0 spiro atoms. The van der Waals surface area contributed by atoms with E-state index in [9.17, 15) is 24.6 Å². The quantitative estimate of drug-likeness (QED) is 0.537. The number of hydrogen-bond acceptors (Lipinski definition) is 4. The summed E-state index contributed by atoms with van der Waals surface area (Å²) in [5.41, 5.74) is 1.24. The molecule has 5 atom stereocenters. The molecule has 2 aliphatic rings. The van der Waals surface area contributed by atoms with E-state index in [1.165, 1.54) is 0 Å². The summed E-state index contributed by atoms with van der Waals surface area (Å²) in [6.45, 7) is 8.86. The molecule has 0 aromatic carbocycles. The monoisotopic (exact) mass is 396 g/mol. The van der Waals surface area contributed by atoms with Crippen molar-refractivity contribution in [3.8, 4) is 0 Å². The van der Waals surface area contributed by atoms with E-state index in [0.29, 0.717) is 5.92 Å². The predicted octanol–water partition coefficient (Wildman–Crippen LogP) is 3.43. The van der Waals surface area contributed by atoms with Crippen molar-refractivity contribution in [3.63, 3.8) is 0 Å². The molecule has 7 heteroatoms. The maximum Gasteiger partial charge on any atom is 0.333 e. The van der Waals surface area contributed by atoms with E-state index >= 15 is 0 Å². The van der Waals surface area contributed by atoms with Gasteiger partial charge in [0.05, 0.1) is 13.0 Å². The average molecular weight is 396 g/mol. The Morgan fingerprint density at radius 1 is 1.14 bits per heavy atom. The Hall–Kier alpha value is -1.89. The van der Waals surface area contributed by atoms with Crippen LogP contribution < -0.4 is 0 Å². The first kappa shape index (κ1) is 22.4. The second-order valence-corrected chi connectivity index (χ2v) is 9.27. The van der Waals surface area contributed by atoms with Gasteiger partial charge in [0, 0.05) is 5.92 Å². The molecule has 0 heterocycles. The first-order valence-corrected chi connectivity index (χ1v) is 9.86. The summed E-state index contributed by atoms with van der Waals surface area (Å²) in [4.78, 5) is 34.1. The maximum absolute atomic E-state index is 11.7. The molecule has 0 saturated heterocycles. The highest BCUT2D eigenvalue weighted by atomic mass is 16.5. The number of carboxylic acid groups (broad SMARTS) is 3. The minimum Gasteiger partial charge on any atom is -0.481 e. The van der Waals surface area contributed by atoms with Crippen molar-refractivity contribution in [1.29, 1.82) is 0 Å². The van der Waals surface area contributed by atoms with Gasteiger partial charge in [-0.05, 0) is 42.9 Å². The van der Waals surface area contributed by atoms with E-state index in [-0.39, 0.29) is 23.4 Å². The lowest BCUT2D eigenvalue weighted by molar-refractivity contribution is -0.169. The highest BCUT2D eigenvalue weighted by Gasteiger charge is 2.52. The Kier molecular flexibility index (Phi) is 6.58. The lowest BCUT2D eigenvalue weighted by atomic mass is 9.49. The fourth-order valence-electron chi connectivity index (χ4n) is 5.53.